The molecule has 0 unspecified atom stereocenters. The summed E-state index contributed by atoms with van der Waals surface area (Å²) in [7, 11) is 0. The number of aromatic nitrogens is 3. The van der Waals surface area contributed by atoms with Crippen LogP contribution in [0.15, 0.2) is 6.20 Å². The highest BCUT2D eigenvalue weighted by molar-refractivity contribution is 5.86. The Morgan fingerprint density at radius 3 is 2.92 bits per heavy atom. The van der Waals surface area contributed by atoms with Crippen LogP contribution in [-0.4, -0.2) is 27.6 Å². The molecule has 5 nitrogen and oxygen atoms in total. The van der Waals surface area contributed by atoms with Crippen LogP contribution in [0, 0.1) is 0 Å². The van der Waals surface area contributed by atoms with E-state index in [1.54, 1.807) is 6.92 Å². The average molecular weight is 169 g/mol. The quantitative estimate of drug-likeness (QED) is 0.617. The van der Waals surface area contributed by atoms with Crippen LogP contribution in [0.4, 0.5) is 0 Å². The summed E-state index contributed by atoms with van der Waals surface area (Å²) >= 11 is 0. The highest BCUT2D eigenvalue weighted by Gasteiger charge is 2.09. The Labute approximate surface area is 70.3 Å². The van der Waals surface area contributed by atoms with Gasteiger partial charge in [0.05, 0.1) is 19.3 Å². The lowest BCUT2D eigenvalue weighted by Gasteiger charge is -1.95. The van der Waals surface area contributed by atoms with Crippen LogP contribution in [0.25, 0.3) is 0 Å². The third kappa shape index (κ3) is 1.81. The lowest BCUT2D eigenvalue weighted by Crippen LogP contribution is -2.06. The minimum atomic E-state index is -0.419. The summed E-state index contributed by atoms with van der Waals surface area (Å²) in [4.78, 5) is 12.5. The Morgan fingerprint density at radius 2 is 2.42 bits per heavy atom. The number of rotatable bonds is 3. The number of esters is 1. The molecule has 0 radical (unpaired) electrons. The molecule has 0 aliphatic heterocycles. The number of nitrogens with zero attached hydrogens (tertiary/aromatic N) is 3. The van der Waals surface area contributed by atoms with Gasteiger partial charge in [-0.25, -0.2) is 4.79 Å². The van der Waals surface area contributed by atoms with Crippen molar-refractivity contribution in [1.29, 1.82) is 0 Å². The summed E-state index contributed by atoms with van der Waals surface area (Å²) < 4.78 is 4.73. The Hall–Kier alpha value is -1.39. The van der Waals surface area contributed by atoms with Crippen molar-refractivity contribution in [3.05, 3.63) is 11.9 Å². The molecule has 0 aliphatic carbocycles. The number of hydrogen-bond acceptors (Lipinski definition) is 4. The van der Waals surface area contributed by atoms with Crippen molar-refractivity contribution in [1.82, 2.24) is 15.0 Å². The summed E-state index contributed by atoms with van der Waals surface area (Å²) in [6.45, 7) is 4.66. The largest absolute Gasteiger partial charge is 0.461 e. The standard InChI is InChI=1S/C7H11N3O2/c1-3-10-8-5-6(9-10)7(11)12-4-2/h5H,3-4H2,1-2H3. The van der Waals surface area contributed by atoms with Gasteiger partial charge in [0.2, 0.25) is 0 Å². The van der Waals surface area contributed by atoms with Crippen LogP contribution in [-0.2, 0) is 11.3 Å². The first-order chi connectivity index (χ1) is 5.77. The second-order valence-corrected chi connectivity index (χ2v) is 2.14. The number of aryl methyl sites for hydroxylation is 1. The van der Waals surface area contributed by atoms with Gasteiger partial charge in [-0.2, -0.15) is 9.90 Å². The van der Waals surface area contributed by atoms with Crippen molar-refractivity contribution in [3.63, 3.8) is 0 Å². The van der Waals surface area contributed by atoms with Gasteiger partial charge in [-0.05, 0) is 13.8 Å². The van der Waals surface area contributed by atoms with E-state index < -0.39 is 5.97 Å². The summed E-state index contributed by atoms with van der Waals surface area (Å²) in [5.41, 5.74) is 0.263. The lowest BCUT2D eigenvalue weighted by atomic mass is 10.5. The van der Waals surface area contributed by atoms with E-state index in [-0.39, 0.29) is 5.69 Å². The second-order valence-electron chi connectivity index (χ2n) is 2.14. The van der Waals surface area contributed by atoms with Gasteiger partial charge in [0.1, 0.15) is 0 Å². The zero-order chi connectivity index (χ0) is 8.97. The summed E-state index contributed by atoms with van der Waals surface area (Å²) in [6.07, 6.45) is 1.40. The van der Waals surface area contributed by atoms with Crippen LogP contribution in [0.5, 0.6) is 0 Å². The highest BCUT2D eigenvalue weighted by atomic mass is 16.5. The molecule has 0 bridgehead atoms. The van der Waals surface area contributed by atoms with Crippen molar-refractivity contribution >= 4 is 5.97 Å². The fourth-order valence-electron chi connectivity index (χ4n) is 0.748. The molecule has 0 spiro atoms. The lowest BCUT2D eigenvalue weighted by molar-refractivity contribution is 0.0518. The van der Waals surface area contributed by atoms with E-state index in [1.807, 2.05) is 6.92 Å². The third-order valence-corrected chi connectivity index (χ3v) is 1.30. The first-order valence-electron chi connectivity index (χ1n) is 3.85. The number of ether oxygens (including phenoxy) is 1. The predicted molar refractivity (Wildman–Crippen MR) is 41.7 cm³/mol. The molecule has 1 aromatic rings. The molecule has 0 aromatic carbocycles. The van der Waals surface area contributed by atoms with Crippen LogP contribution >= 0.6 is 0 Å². The predicted octanol–water partition coefficient (Wildman–Crippen LogP) is 0.475. The molecule has 5 heteroatoms. The molecule has 0 fully saturated rings. The average Bonchev–Trinajstić information content (AvgIpc) is 2.52. The monoisotopic (exact) mass is 169 g/mol. The number of hydrogen-bond donors (Lipinski definition) is 0. The number of carbonyl (C=O) groups excluding carboxylic acids is 1. The van der Waals surface area contributed by atoms with Gasteiger partial charge >= 0.3 is 5.97 Å². The topological polar surface area (TPSA) is 57.0 Å². The highest BCUT2D eigenvalue weighted by Crippen LogP contribution is 1.94. The van der Waals surface area contributed by atoms with E-state index in [0.717, 1.165) is 0 Å². The molecule has 0 atom stereocenters. The van der Waals surface area contributed by atoms with Gasteiger partial charge in [-0.15, -0.1) is 5.10 Å². The van der Waals surface area contributed by atoms with E-state index in [4.69, 9.17) is 4.74 Å². The normalized spacial score (nSPS) is 9.83. The maximum Gasteiger partial charge on any atom is 0.360 e. The Morgan fingerprint density at radius 1 is 1.67 bits per heavy atom. The molecular formula is C7H11N3O2. The molecule has 0 saturated carbocycles. The molecule has 0 aliphatic rings. The molecule has 0 saturated heterocycles. The van der Waals surface area contributed by atoms with Gasteiger partial charge in [-0.3, -0.25) is 0 Å². The van der Waals surface area contributed by atoms with E-state index in [9.17, 15) is 4.79 Å². The molecular weight excluding hydrogens is 158 g/mol. The van der Waals surface area contributed by atoms with Crippen LogP contribution in [0.1, 0.15) is 24.3 Å². The maximum atomic E-state index is 11.0. The van der Waals surface area contributed by atoms with Crippen LogP contribution in [0.2, 0.25) is 0 Å². The summed E-state index contributed by atoms with van der Waals surface area (Å²) in [5.74, 6) is -0.419. The van der Waals surface area contributed by atoms with Crippen molar-refractivity contribution in [2.45, 2.75) is 20.4 Å². The fraction of sp³-hybridized carbons (Fsp3) is 0.571. The Kier molecular flexibility index (Phi) is 2.79. The van der Waals surface area contributed by atoms with Gasteiger partial charge in [0.25, 0.3) is 0 Å². The molecule has 0 amide bonds. The number of carbonyl (C=O) groups is 1. The second kappa shape index (κ2) is 3.85. The first kappa shape index (κ1) is 8.70. The van der Waals surface area contributed by atoms with Crippen molar-refractivity contribution in [3.8, 4) is 0 Å². The molecule has 1 rings (SSSR count). The SMILES string of the molecule is CCOC(=O)c1cnn(CC)n1. The molecule has 1 aromatic heterocycles. The molecule has 66 valence electrons. The van der Waals surface area contributed by atoms with Crippen LogP contribution < -0.4 is 0 Å². The minimum Gasteiger partial charge on any atom is -0.461 e. The van der Waals surface area contributed by atoms with Gasteiger partial charge in [0.15, 0.2) is 5.69 Å². The van der Waals surface area contributed by atoms with E-state index in [2.05, 4.69) is 10.2 Å². The third-order valence-electron chi connectivity index (χ3n) is 1.30. The zero-order valence-corrected chi connectivity index (χ0v) is 7.15. The maximum absolute atomic E-state index is 11.0. The van der Waals surface area contributed by atoms with Crippen LogP contribution in [0.3, 0.4) is 0 Å². The minimum absolute atomic E-state index is 0.263. The van der Waals surface area contributed by atoms with Crippen molar-refractivity contribution in [2.75, 3.05) is 6.61 Å². The Bertz CT molecular complexity index is 269. The van der Waals surface area contributed by atoms with E-state index in [0.29, 0.717) is 13.2 Å². The van der Waals surface area contributed by atoms with Gasteiger partial charge < -0.3 is 4.74 Å². The molecule has 12 heavy (non-hydrogen) atoms. The van der Waals surface area contributed by atoms with Gasteiger partial charge in [-0.1, -0.05) is 0 Å². The van der Waals surface area contributed by atoms with Crippen molar-refractivity contribution < 1.29 is 9.53 Å². The zero-order valence-electron chi connectivity index (χ0n) is 7.15. The first-order valence-corrected chi connectivity index (χ1v) is 3.85. The van der Waals surface area contributed by atoms with Gasteiger partial charge in [0, 0.05) is 0 Å². The van der Waals surface area contributed by atoms with Crippen molar-refractivity contribution in [2.24, 2.45) is 0 Å². The van der Waals surface area contributed by atoms with E-state index in [1.165, 1.54) is 11.0 Å². The molecule has 0 N–H and O–H groups in total. The summed E-state index contributed by atoms with van der Waals surface area (Å²) in [5, 5.41) is 7.72. The fourth-order valence-corrected chi connectivity index (χ4v) is 0.748. The smallest absolute Gasteiger partial charge is 0.360 e. The molecule has 1 heterocycles. The Balaban J connectivity index is 2.68. The summed E-state index contributed by atoms with van der Waals surface area (Å²) in [6, 6.07) is 0. The van der Waals surface area contributed by atoms with E-state index >= 15 is 0 Å².